The average molecular weight is 427 g/mol. The summed E-state index contributed by atoms with van der Waals surface area (Å²) in [6, 6.07) is 24.8. The molecule has 32 heavy (non-hydrogen) atoms. The summed E-state index contributed by atoms with van der Waals surface area (Å²) in [7, 11) is 2.99. The number of amides is 1. The van der Waals surface area contributed by atoms with Gasteiger partial charge in [0.2, 0.25) is 0 Å². The highest BCUT2D eigenvalue weighted by atomic mass is 16.5. The van der Waals surface area contributed by atoms with E-state index in [1.165, 1.54) is 14.2 Å². The molecule has 0 saturated heterocycles. The number of carbonyl (C=O) groups excluding carboxylic acids is 2. The van der Waals surface area contributed by atoms with E-state index in [-0.39, 0.29) is 17.2 Å². The Balaban J connectivity index is 1.72. The van der Waals surface area contributed by atoms with Gasteiger partial charge in [-0.25, -0.2) is 4.79 Å². The largest absolute Gasteiger partial charge is 0.496 e. The van der Waals surface area contributed by atoms with Crippen molar-refractivity contribution in [3.05, 3.63) is 96.1 Å². The lowest BCUT2D eigenvalue weighted by Crippen LogP contribution is -2.16. The molecule has 0 aliphatic carbocycles. The molecule has 0 atom stereocenters. The van der Waals surface area contributed by atoms with E-state index in [0.717, 1.165) is 10.8 Å². The fourth-order valence-electron chi connectivity index (χ4n) is 3.39. The predicted molar refractivity (Wildman–Crippen MR) is 123 cm³/mol. The van der Waals surface area contributed by atoms with E-state index in [1.54, 1.807) is 60.7 Å². The van der Waals surface area contributed by atoms with Gasteiger partial charge in [-0.05, 0) is 47.2 Å². The predicted octanol–water partition coefficient (Wildman–Crippen LogP) is 5.33. The first-order valence-corrected chi connectivity index (χ1v) is 9.93. The van der Waals surface area contributed by atoms with Gasteiger partial charge in [0.25, 0.3) is 5.91 Å². The van der Waals surface area contributed by atoms with Crippen LogP contribution in [0.4, 0.5) is 5.69 Å². The zero-order valence-corrected chi connectivity index (χ0v) is 17.6. The van der Waals surface area contributed by atoms with Crippen molar-refractivity contribution in [1.29, 1.82) is 0 Å². The number of carbonyl (C=O) groups is 2. The maximum Gasteiger partial charge on any atom is 0.347 e. The number of hydrogen-bond donors (Lipinski definition) is 1. The first-order chi connectivity index (χ1) is 15.6. The summed E-state index contributed by atoms with van der Waals surface area (Å²) in [5.74, 6) is 0.0944. The van der Waals surface area contributed by atoms with E-state index in [9.17, 15) is 9.59 Å². The van der Waals surface area contributed by atoms with Crippen molar-refractivity contribution in [1.82, 2.24) is 0 Å². The Labute approximate surface area is 185 Å². The average Bonchev–Trinajstić information content (AvgIpc) is 2.84. The maximum absolute atomic E-state index is 13.0. The summed E-state index contributed by atoms with van der Waals surface area (Å²) in [5.41, 5.74) is 1.01. The van der Waals surface area contributed by atoms with Crippen LogP contribution in [0, 0.1) is 0 Å². The number of para-hydroxylation sites is 2. The molecule has 0 saturated carbocycles. The minimum atomic E-state index is -0.592. The van der Waals surface area contributed by atoms with Gasteiger partial charge in [0.15, 0.2) is 5.75 Å². The first-order valence-electron chi connectivity index (χ1n) is 9.93. The van der Waals surface area contributed by atoms with E-state index in [4.69, 9.17) is 14.2 Å². The number of benzene rings is 4. The summed E-state index contributed by atoms with van der Waals surface area (Å²) in [6.45, 7) is 0. The van der Waals surface area contributed by atoms with Crippen molar-refractivity contribution in [3.63, 3.8) is 0 Å². The Morgan fingerprint density at radius 2 is 1.19 bits per heavy atom. The van der Waals surface area contributed by atoms with Crippen LogP contribution in [0.2, 0.25) is 0 Å². The van der Waals surface area contributed by atoms with Gasteiger partial charge in [0.05, 0.1) is 25.5 Å². The summed E-state index contributed by atoms with van der Waals surface area (Å²) in [4.78, 5) is 25.9. The SMILES string of the molecule is COc1ccccc1C(=O)Nc1cc2ccccc2cc1OC(=O)c1ccccc1OC. The van der Waals surface area contributed by atoms with Crippen LogP contribution in [0.3, 0.4) is 0 Å². The number of esters is 1. The normalized spacial score (nSPS) is 10.4. The number of rotatable bonds is 6. The van der Waals surface area contributed by atoms with Crippen LogP contribution in [0.1, 0.15) is 20.7 Å². The Morgan fingerprint density at radius 3 is 1.84 bits per heavy atom. The Kier molecular flexibility index (Phi) is 6.03. The molecule has 4 aromatic carbocycles. The van der Waals surface area contributed by atoms with Gasteiger partial charge in [-0.2, -0.15) is 0 Å². The third-order valence-corrected chi connectivity index (χ3v) is 4.98. The number of fused-ring (bicyclic) bond motifs is 1. The van der Waals surface area contributed by atoms with Crippen LogP contribution in [-0.2, 0) is 0 Å². The molecule has 6 nitrogen and oxygen atoms in total. The fourth-order valence-corrected chi connectivity index (χ4v) is 3.39. The third-order valence-electron chi connectivity index (χ3n) is 4.98. The van der Waals surface area contributed by atoms with Gasteiger partial charge in [0, 0.05) is 0 Å². The molecule has 0 heterocycles. The monoisotopic (exact) mass is 427 g/mol. The second-order valence-electron chi connectivity index (χ2n) is 6.94. The number of hydrogen-bond acceptors (Lipinski definition) is 5. The summed E-state index contributed by atoms with van der Waals surface area (Å²) < 4.78 is 16.3. The lowest BCUT2D eigenvalue weighted by atomic mass is 10.1. The molecule has 1 amide bonds. The molecule has 6 heteroatoms. The van der Waals surface area contributed by atoms with Gasteiger partial charge < -0.3 is 19.5 Å². The first kappa shape index (κ1) is 20.9. The number of ether oxygens (including phenoxy) is 3. The number of anilines is 1. The smallest absolute Gasteiger partial charge is 0.347 e. The molecular formula is C26H21NO5. The Bertz CT molecular complexity index is 1200. The van der Waals surface area contributed by atoms with E-state index in [1.807, 2.05) is 24.3 Å². The van der Waals surface area contributed by atoms with Gasteiger partial charge in [0.1, 0.15) is 17.1 Å². The minimum absolute atomic E-state index is 0.225. The van der Waals surface area contributed by atoms with E-state index in [0.29, 0.717) is 22.7 Å². The van der Waals surface area contributed by atoms with Gasteiger partial charge >= 0.3 is 5.97 Å². The van der Waals surface area contributed by atoms with Crippen molar-refractivity contribution in [2.75, 3.05) is 19.5 Å². The van der Waals surface area contributed by atoms with Crippen molar-refractivity contribution in [3.8, 4) is 17.2 Å². The van der Waals surface area contributed by atoms with Crippen LogP contribution in [0.5, 0.6) is 17.2 Å². The van der Waals surface area contributed by atoms with E-state index < -0.39 is 5.97 Å². The second kappa shape index (κ2) is 9.22. The zero-order chi connectivity index (χ0) is 22.5. The van der Waals surface area contributed by atoms with Crippen LogP contribution >= 0.6 is 0 Å². The minimum Gasteiger partial charge on any atom is -0.496 e. The molecule has 4 rings (SSSR count). The number of nitrogens with one attached hydrogen (secondary N) is 1. The lowest BCUT2D eigenvalue weighted by molar-refractivity contribution is 0.0731. The van der Waals surface area contributed by atoms with Crippen molar-refractivity contribution in [2.45, 2.75) is 0 Å². The molecule has 0 spiro atoms. The summed E-state index contributed by atoms with van der Waals surface area (Å²) in [5, 5.41) is 4.61. The lowest BCUT2D eigenvalue weighted by Gasteiger charge is -2.15. The maximum atomic E-state index is 13.0. The zero-order valence-electron chi connectivity index (χ0n) is 17.6. The van der Waals surface area contributed by atoms with Crippen LogP contribution in [-0.4, -0.2) is 26.1 Å². The van der Waals surface area contributed by atoms with Gasteiger partial charge in [-0.3, -0.25) is 4.79 Å². The highest BCUT2D eigenvalue weighted by molar-refractivity contribution is 6.08. The van der Waals surface area contributed by atoms with Crippen molar-refractivity contribution in [2.24, 2.45) is 0 Å². The van der Waals surface area contributed by atoms with Crippen molar-refractivity contribution < 1.29 is 23.8 Å². The molecule has 0 aliphatic rings. The standard InChI is InChI=1S/C26H21NO5/c1-30-22-13-7-5-11-19(22)25(28)27-21-15-17-9-3-4-10-18(17)16-24(21)32-26(29)20-12-6-8-14-23(20)31-2/h3-16H,1-2H3,(H,27,28). The molecule has 0 radical (unpaired) electrons. The molecule has 4 aromatic rings. The number of methoxy groups -OCH3 is 2. The molecule has 0 aliphatic heterocycles. The van der Waals surface area contributed by atoms with Crippen molar-refractivity contribution >= 4 is 28.3 Å². The molecule has 0 unspecified atom stereocenters. The molecule has 0 fully saturated rings. The molecular weight excluding hydrogens is 406 g/mol. The molecule has 0 aromatic heterocycles. The summed E-state index contributed by atoms with van der Waals surface area (Å²) >= 11 is 0. The van der Waals surface area contributed by atoms with Gasteiger partial charge in [-0.15, -0.1) is 0 Å². The third kappa shape index (κ3) is 4.25. The fraction of sp³-hybridized carbons (Fsp3) is 0.0769. The summed E-state index contributed by atoms with van der Waals surface area (Å²) in [6.07, 6.45) is 0. The van der Waals surface area contributed by atoms with Crippen LogP contribution in [0.15, 0.2) is 84.9 Å². The van der Waals surface area contributed by atoms with Crippen LogP contribution < -0.4 is 19.5 Å². The van der Waals surface area contributed by atoms with E-state index in [2.05, 4.69) is 5.32 Å². The molecule has 1 N–H and O–H groups in total. The molecule has 160 valence electrons. The highest BCUT2D eigenvalue weighted by Crippen LogP contribution is 2.33. The highest BCUT2D eigenvalue weighted by Gasteiger charge is 2.19. The quantitative estimate of drug-likeness (QED) is 0.333. The molecule has 0 bridgehead atoms. The van der Waals surface area contributed by atoms with Crippen LogP contribution in [0.25, 0.3) is 10.8 Å². The second-order valence-corrected chi connectivity index (χ2v) is 6.94. The van der Waals surface area contributed by atoms with Gasteiger partial charge in [-0.1, -0.05) is 48.5 Å². The van der Waals surface area contributed by atoms with E-state index >= 15 is 0 Å². The Hall–Kier alpha value is -4.32. The topological polar surface area (TPSA) is 73.9 Å². The Morgan fingerprint density at radius 1 is 0.656 bits per heavy atom.